The highest BCUT2D eigenvalue weighted by atomic mass is 35.5. The molecule has 0 unspecified atom stereocenters. The number of pyridine rings is 1. The molecule has 1 aliphatic carbocycles. The molecule has 0 atom stereocenters. The Balaban J connectivity index is 2.21. The smallest absolute Gasteiger partial charge is 0.129 e. The van der Waals surface area contributed by atoms with Gasteiger partial charge in [0.15, 0.2) is 0 Å². The lowest BCUT2D eigenvalue weighted by molar-refractivity contribution is 0.635. The average molecular weight is 254 g/mol. The first-order valence-corrected chi connectivity index (χ1v) is 6.61. The zero-order valence-electron chi connectivity index (χ0n) is 10.5. The van der Waals surface area contributed by atoms with Crippen molar-refractivity contribution in [3.63, 3.8) is 0 Å². The molecule has 1 aliphatic rings. The first-order chi connectivity index (χ1) is 8.11. The Morgan fingerprint density at radius 3 is 2.71 bits per heavy atom. The number of nitrogens with zero attached hydrogens (tertiary/aromatic N) is 2. The summed E-state index contributed by atoms with van der Waals surface area (Å²) in [6.45, 7) is 5.87. The molecule has 4 heteroatoms. The van der Waals surface area contributed by atoms with Gasteiger partial charge in [0.25, 0.3) is 0 Å². The van der Waals surface area contributed by atoms with Crippen molar-refractivity contribution in [1.82, 2.24) is 4.98 Å². The predicted molar refractivity (Wildman–Crippen MR) is 72.3 cm³/mol. The molecule has 2 rings (SSSR count). The molecule has 0 radical (unpaired) electrons. The highest BCUT2D eigenvalue weighted by Crippen LogP contribution is 2.32. The maximum atomic E-state index is 6.04. The molecule has 1 fully saturated rings. The van der Waals surface area contributed by atoms with E-state index >= 15 is 0 Å². The monoisotopic (exact) mass is 253 g/mol. The number of nitrogens with two attached hydrogens (primary N) is 1. The molecule has 0 aromatic carbocycles. The van der Waals surface area contributed by atoms with E-state index < -0.39 is 0 Å². The molecule has 0 saturated heterocycles. The number of anilines is 1. The second-order valence-corrected chi connectivity index (χ2v) is 5.40. The Morgan fingerprint density at radius 2 is 2.18 bits per heavy atom. The van der Waals surface area contributed by atoms with E-state index in [1.54, 1.807) is 0 Å². The van der Waals surface area contributed by atoms with Crippen LogP contribution in [0.5, 0.6) is 0 Å². The van der Waals surface area contributed by atoms with Crippen LogP contribution in [0.15, 0.2) is 12.1 Å². The van der Waals surface area contributed by atoms with Crippen molar-refractivity contribution in [2.24, 2.45) is 11.7 Å². The molecule has 1 aromatic heterocycles. The fourth-order valence-electron chi connectivity index (χ4n) is 1.92. The van der Waals surface area contributed by atoms with Crippen LogP contribution in [0, 0.1) is 5.92 Å². The van der Waals surface area contributed by atoms with Gasteiger partial charge in [0, 0.05) is 19.1 Å². The molecule has 3 nitrogen and oxygen atoms in total. The summed E-state index contributed by atoms with van der Waals surface area (Å²) in [5.41, 5.74) is 6.43. The van der Waals surface area contributed by atoms with E-state index in [1.807, 2.05) is 12.1 Å². The summed E-state index contributed by atoms with van der Waals surface area (Å²) in [6, 6.07) is 4.34. The highest BCUT2D eigenvalue weighted by molar-refractivity contribution is 6.31. The van der Waals surface area contributed by atoms with Gasteiger partial charge in [-0.2, -0.15) is 0 Å². The Bertz CT molecular complexity index is 388. The van der Waals surface area contributed by atoms with Gasteiger partial charge in [-0.15, -0.1) is 0 Å². The summed E-state index contributed by atoms with van der Waals surface area (Å²) < 4.78 is 0. The van der Waals surface area contributed by atoms with Crippen LogP contribution in [0.2, 0.25) is 5.02 Å². The van der Waals surface area contributed by atoms with E-state index in [0.29, 0.717) is 17.6 Å². The van der Waals surface area contributed by atoms with Crippen LogP contribution in [0.25, 0.3) is 0 Å². The summed E-state index contributed by atoms with van der Waals surface area (Å²) >= 11 is 6.04. The molecule has 1 heterocycles. The van der Waals surface area contributed by atoms with Crippen molar-refractivity contribution in [3.8, 4) is 0 Å². The second kappa shape index (κ2) is 5.23. The van der Waals surface area contributed by atoms with Crippen LogP contribution in [0.3, 0.4) is 0 Å². The summed E-state index contributed by atoms with van der Waals surface area (Å²) in [5.74, 6) is 1.84. The summed E-state index contributed by atoms with van der Waals surface area (Å²) in [4.78, 5) is 6.90. The van der Waals surface area contributed by atoms with Crippen molar-refractivity contribution >= 4 is 17.4 Å². The molecule has 0 aliphatic heterocycles. The van der Waals surface area contributed by atoms with Gasteiger partial charge in [-0.1, -0.05) is 11.6 Å². The Hall–Kier alpha value is -0.800. The van der Waals surface area contributed by atoms with Crippen LogP contribution in [0.1, 0.15) is 32.4 Å². The third-order valence-corrected chi connectivity index (χ3v) is 3.51. The fourth-order valence-corrected chi connectivity index (χ4v) is 2.11. The van der Waals surface area contributed by atoms with Crippen LogP contribution in [0.4, 0.5) is 5.82 Å². The van der Waals surface area contributed by atoms with Crippen LogP contribution >= 0.6 is 11.6 Å². The largest absolute Gasteiger partial charge is 0.354 e. The second-order valence-electron chi connectivity index (χ2n) is 4.99. The van der Waals surface area contributed by atoms with Gasteiger partial charge in [-0.3, -0.25) is 0 Å². The number of hydrogen-bond donors (Lipinski definition) is 1. The minimum atomic E-state index is 0.391. The molecule has 0 bridgehead atoms. The number of aromatic nitrogens is 1. The fraction of sp³-hybridized carbons (Fsp3) is 0.615. The molecule has 94 valence electrons. The number of rotatable bonds is 5. The molecule has 1 saturated carbocycles. The van der Waals surface area contributed by atoms with Gasteiger partial charge in [-0.05, 0) is 44.7 Å². The summed E-state index contributed by atoms with van der Waals surface area (Å²) in [5, 5.41) is 0.659. The topological polar surface area (TPSA) is 42.1 Å². The Morgan fingerprint density at radius 1 is 1.47 bits per heavy atom. The minimum Gasteiger partial charge on any atom is -0.354 e. The first kappa shape index (κ1) is 12.7. The summed E-state index contributed by atoms with van der Waals surface area (Å²) in [7, 11) is 0. The standard InChI is InChI=1S/C13H20ClN3/c1-9(2)17(8-10-3-4-10)13-6-5-11(14)12(7-15)16-13/h5-6,9-10H,3-4,7-8,15H2,1-2H3. The lowest BCUT2D eigenvalue weighted by atomic mass is 10.2. The van der Waals surface area contributed by atoms with Gasteiger partial charge in [-0.25, -0.2) is 4.98 Å². The molecular weight excluding hydrogens is 234 g/mol. The molecule has 0 spiro atoms. The molecule has 2 N–H and O–H groups in total. The minimum absolute atomic E-state index is 0.391. The van der Waals surface area contributed by atoms with Gasteiger partial charge >= 0.3 is 0 Å². The third-order valence-electron chi connectivity index (χ3n) is 3.17. The van der Waals surface area contributed by atoms with Gasteiger partial charge in [0.2, 0.25) is 0 Å². The zero-order valence-corrected chi connectivity index (χ0v) is 11.2. The maximum absolute atomic E-state index is 6.04. The number of hydrogen-bond acceptors (Lipinski definition) is 3. The maximum Gasteiger partial charge on any atom is 0.129 e. The SMILES string of the molecule is CC(C)N(CC1CC1)c1ccc(Cl)c(CN)n1. The normalized spacial score (nSPS) is 15.4. The van der Waals surface area contributed by atoms with Gasteiger partial charge in [0.1, 0.15) is 5.82 Å². The molecule has 0 amide bonds. The van der Waals surface area contributed by atoms with Crippen molar-refractivity contribution in [3.05, 3.63) is 22.8 Å². The van der Waals surface area contributed by atoms with Crippen molar-refractivity contribution in [2.45, 2.75) is 39.3 Å². The van der Waals surface area contributed by atoms with E-state index in [4.69, 9.17) is 17.3 Å². The lowest BCUT2D eigenvalue weighted by Gasteiger charge is -2.28. The highest BCUT2D eigenvalue weighted by Gasteiger charge is 2.26. The van der Waals surface area contributed by atoms with Gasteiger partial charge in [0.05, 0.1) is 10.7 Å². The van der Waals surface area contributed by atoms with E-state index in [1.165, 1.54) is 12.8 Å². The predicted octanol–water partition coefficient (Wildman–Crippen LogP) is 2.82. The van der Waals surface area contributed by atoms with E-state index in [2.05, 4.69) is 23.7 Å². The molecule has 1 aromatic rings. The van der Waals surface area contributed by atoms with E-state index in [-0.39, 0.29) is 0 Å². The number of halogens is 1. The van der Waals surface area contributed by atoms with Crippen LogP contribution in [-0.2, 0) is 6.54 Å². The lowest BCUT2D eigenvalue weighted by Crippen LogP contribution is -2.33. The van der Waals surface area contributed by atoms with Crippen molar-refractivity contribution < 1.29 is 0 Å². The Labute approximate surface area is 108 Å². The van der Waals surface area contributed by atoms with Crippen molar-refractivity contribution in [2.75, 3.05) is 11.4 Å². The van der Waals surface area contributed by atoms with Crippen LogP contribution < -0.4 is 10.6 Å². The molecule has 17 heavy (non-hydrogen) atoms. The van der Waals surface area contributed by atoms with Crippen LogP contribution in [-0.4, -0.2) is 17.6 Å². The third kappa shape index (κ3) is 3.11. The zero-order chi connectivity index (χ0) is 12.4. The van der Waals surface area contributed by atoms with E-state index in [9.17, 15) is 0 Å². The quantitative estimate of drug-likeness (QED) is 0.878. The average Bonchev–Trinajstić information content (AvgIpc) is 3.10. The van der Waals surface area contributed by atoms with Gasteiger partial charge < -0.3 is 10.6 Å². The Kier molecular flexibility index (Phi) is 3.89. The van der Waals surface area contributed by atoms with Crippen molar-refractivity contribution in [1.29, 1.82) is 0 Å². The first-order valence-electron chi connectivity index (χ1n) is 6.24. The summed E-state index contributed by atoms with van der Waals surface area (Å²) in [6.07, 6.45) is 2.70. The molecular formula is C13H20ClN3. The van der Waals surface area contributed by atoms with E-state index in [0.717, 1.165) is 24.0 Å².